The molecule has 0 bridgehead atoms. The second kappa shape index (κ2) is 4.28. The Kier molecular flexibility index (Phi) is 3.04. The lowest BCUT2D eigenvalue weighted by Gasteiger charge is -2.23. The van der Waals surface area contributed by atoms with Crippen LogP contribution in [0, 0.1) is 0 Å². The molecule has 1 aliphatic heterocycles. The lowest BCUT2D eigenvalue weighted by Crippen LogP contribution is -2.24. The second-order valence-corrected chi connectivity index (χ2v) is 5.08. The van der Waals surface area contributed by atoms with Crippen molar-refractivity contribution in [2.75, 3.05) is 13.1 Å². The summed E-state index contributed by atoms with van der Waals surface area (Å²) in [5.41, 5.74) is 1.27. The molecule has 1 saturated heterocycles. The van der Waals surface area contributed by atoms with Gasteiger partial charge in [0.05, 0.1) is 0 Å². The van der Waals surface area contributed by atoms with Gasteiger partial charge in [-0.1, -0.05) is 18.2 Å². The maximum atomic E-state index is 4.00. The number of thiophene rings is 1. The topological polar surface area (TPSA) is 3.24 Å². The van der Waals surface area contributed by atoms with E-state index in [9.17, 15) is 0 Å². The first-order chi connectivity index (χ1) is 6.77. The van der Waals surface area contributed by atoms with Crippen molar-refractivity contribution in [2.45, 2.75) is 25.8 Å². The molecule has 76 valence electrons. The fraction of sp³-hybridized carbons (Fsp3) is 0.500. The Morgan fingerprint density at radius 3 is 3.21 bits per heavy atom. The Morgan fingerprint density at radius 2 is 2.57 bits per heavy atom. The number of rotatable bonds is 3. The highest BCUT2D eigenvalue weighted by atomic mass is 32.1. The van der Waals surface area contributed by atoms with E-state index in [1.54, 1.807) is 0 Å². The van der Waals surface area contributed by atoms with E-state index in [2.05, 4.69) is 35.9 Å². The van der Waals surface area contributed by atoms with Crippen LogP contribution >= 0.6 is 11.3 Å². The first-order valence-electron chi connectivity index (χ1n) is 5.19. The molecule has 0 N–H and O–H groups in total. The largest absolute Gasteiger partial charge is 0.292 e. The molecule has 0 amide bonds. The van der Waals surface area contributed by atoms with Gasteiger partial charge < -0.3 is 0 Å². The summed E-state index contributed by atoms with van der Waals surface area (Å²) < 4.78 is 0. The van der Waals surface area contributed by atoms with Gasteiger partial charge in [-0.3, -0.25) is 4.90 Å². The van der Waals surface area contributed by atoms with Crippen LogP contribution in [0.2, 0.25) is 0 Å². The Balaban J connectivity index is 2.07. The molecule has 14 heavy (non-hydrogen) atoms. The first kappa shape index (κ1) is 9.94. The maximum Gasteiger partial charge on any atom is 0.0445 e. The normalized spacial score (nSPS) is 22.8. The Bertz CT molecular complexity index is 302. The van der Waals surface area contributed by atoms with Crippen molar-refractivity contribution in [3.05, 3.63) is 34.5 Å². The molecule has 1 aromatic rings. The highest BCUT2D eigenvalue weighted by Gasteiger charge is 2.25. The summed E-state index contributed by atoms with van der Waals surface area (Å²) in [6, 6.07) is 5.07. The van der Waals surface area contributed by atoms with Gasteiger partial charge in [0.2, 0.25) is 0 Å². The van der Waals surface area contributed by atoms with Crippen LogP contribution in [0.3, 0.4) is 0 Å². The van der Waals surface area contributed by atoms with E-state index < -0.39 is 0 Å². The van der Waals surface area contributed by atoms with Crippen molar-refractivity contribution in [1.82, 2.24) is 4.90 Å². The van der Waals surface area contributed by atoms with Gasteiger partial charge in [0.15, 0.2) is 0 Å². The van der Waals surface area contributed by atoms with Gasteiger partial charge in [0, 0.05) is 17.5 Å². The summed E-state index contributed by atoms with van der Waals surface area (Å²) in [5, 5.41) is 2.17. The molecule has 1 aromatic heterocycles. The average Bonchev–Trinajstić information content (AvgIpc) is 2.70. The summed E-state index contributed by atoms with van der Waals surface area (Å²) in [4.78, 5) is 4.07. The van der Waals surface area contributed by atoms with E-state index in [-0.39, 0.29) is 0 Å². The third kappa shape index (κ3) is 2.07. The fourth-order valence-electron chi connectivity index (χ4n) is 2.17. The van der Waals surface area contributed by atoms with Crippen LogP contribution in [0.5, 0.6) is 0 Å². The summed E-state index contributed by atoms with van der Waals surface area (Å²) in [6.07, 6.45) is 2.64. The summed E-state index contributed by atoms with van der Waals surface area (Å²) in [5.74, 6) is 0. The number of hydrogen-bond acceptors (Lipinski definition) is 2. The van der Waals surface area contributed by atoms with E-state index in [1.165, 1.54) is 29.8 Å². The molecular formula is C12H17NS. The van der Waals surface area contributed by atoms with Crippen LogP contribution in [0.15, 0.2) is 29.7 Å². The zero-order valence-corrected chi connectivity index (χ0v) is 9.52. The van der Waals surface area contributed by atoms with Crippen molar-refractivity contribution >= 4 is 11.3 Å². The van der Waals surface area contributed by atoms with Crippen LogP contribution in [-0.2, 0) is 0 Å². The van der Waals surface area contributed by atoms with Crippen molar-refractivity contribution in [1.29, 1.82) is 0 Å². The van der Waals surface area contributed by atoms with Gasteiger partial charge in [0.1, 0.15) is 0 Å². The quantitative estimate of drug-likeness (QED) is 0.686. The molecule has 0 radical (unpaired) electrons. The molecule has 1 unspecified atom stereocenters. The zero-order chi connectivity index (χ0) is 9.97. The molecule has 0 spiro atoms. The molecule has 2 heteroatoms. The summed E-state index contributed by atoms with van der Waals surface area (Å²) >= 11 is 1.88. The third-order valence-electron chi connectivity index (χ3n) is 2.71. The molecule has 0 saturated carbocycles. The molecule has 1 aliphatic rings. The Labute approximate surface area is 90.1 Å². The highest BCUT2D eigenvalue weighted by molar-refractivity contribution is 7.10. The minimum absolute atomic E-state index is 0.659. The smallest absolute Gasteiger partial charge is 0.0445 e. The molecule has 1 atom stereocenters. The van der Waals surface area contributed by atoms with Gasteiger partial charge >= 0.3 is 0 Å². The first-order valence-corrected chi connectivity index (χ1v) is 6.07. The van der Waals surface area contributed by atoms with Crippen LogP contribution in [-0.4, -0.2) is 18.0 Å². The Hall–Kier alpha value is -0.600. The zero-order valence-electron chi connectivity index (χ0n) is 8.70. The molecule has 1 fully saturated rings. The summed E-state index contributed by atoms with van der Waals surface area (Å²) in [6.45, 7) is 8.40. The highest BCUT2D eigenvalue weighted by Crippen LogP contribution is 2.34. The van der Waals surface area contributed by atoms with Crippen LogP contribution < -0.4 is 0 Å². The predicted molar refractivity (Wildman–Crippen MR) is 62.7 cm³/mol. The minimum atomic E-state index is 0.659. The van der Waals surface area contributed by atoms with Crippen LogP contribution in [0.4, 0.5) is 0 Å². The molecular weight excluding hydrogens is 190 g/mol. The van der Waals surface area contributed by atoms with E-state index in [0.29, 0.717) is 6.04 Å². The average molecular weight is 207 g/mol. The molecule has 2 heterocycles. The fourth-order valence-corrected chi connectivity index (χ4v) is 3.06. The minimum Gasteiger partial charge on any atom is -0.292 e. The SMILES string of the molecule is C=C(C)CN1CCCC1c1cccs1. The number of nitrogens with zero attached hydrogens (tertiary/aromatic N) is 1. The lowest BCUT2D eigenvalue weighted by molar-refractivity contribution is 0.283. The van der Waals surface area contributed by atoms with Gasteiger partial charge in [0.25, 0.3) is 0 Å². The van der Waals surface area contributed by atoms with Crippen molar-refractivity contribution in [2.24, 2.45) is 0 Å². The molecule has 2 rings (SSSR count). The summed E-state index contributed by atoms with van der Waals surface area (Å²) in [7, 11) is 0. The lowest BCUT2D eigenvalue weighted by atomic mass is 10.2. The van der Waals surface area contributed by atoms with E-state index in [4.69, 9.17) is 0 Å². The van der Waals surface area contributed by atoms with E-state index >= 15 is 0 Å². The van der Waals surface area contributed by atoms with Gasteiger partial charge in [-0.15, -0.1) is 11.3 Å². The van der Waals surface area contributed by atoms with Gasteiger partial charge in [-0.25, -0.2) is 0 Å². The second-order valence-electron chi connectivity index (χ2n) is 4.10. The maximum absolute atomic E-state index is 4.00. The molecule has 0 aromatic carbocycles. The van der Waals surface area contributed by atoms with Crippen LogP contribution in [0.25, 0.3) is 0 Å². The Morgan fingerprint density at radius 1 is 1.71 bits per heavy atom. The van der Waals surface area contributed by atoms with Crippen LogP contribution in [0.1, 0.15) is 30.7 Å². The molecule has 1 nitrogen and oxygen atoms in total. The predicted octanol–water partition coefficient (Wildman–Crippen LogP) is 3.46. The number of hydrogen-bond donors (Lipinski definition) is 0. The van der Waals surface area contributed by atoms with Crippen molar-refractivity contribution in [3.8, 4) is 0 Å². The van der Waals surface area contributed by atoms with Gasteiger partial charge in [-0.05, 0) is 37.8 Å². The van der Waals surface area contributed by atoms with Crippen molar-refractivity contribution in [3.63, 3.8) is 0 Å². The standard InChI is InChI=1S/C12H17NS/c1-10(2)9-13-7-3-5-11(13)12-6-4-8-14-12/h4,6,8,11H,1,3,5,7,9H2,2H3. The monoisotopic (exact) mass is 207 g/mol. The van der Waals surface area contributed by atoms with Crippen molar-refractivity contribution < 1.29 is 0 Å². The van der Waals surface area contributed by atoms with E-state index in [1.807, 2.05) is 11.3 Å². The van der Waals surface area contributed by atoms with Gasteiger partial charge in [-0.2, -0.15) is 0 Å². The van der Waals surface area contributed by atoms with E-state index in [0.717, 1.165) is 6.54 Å². The third-order valence-corrected chi connectivity index (χ3v) is 3.68. The molecule has 0 aliphatic carbocycles. The number of likely N-dealkylation sites (tertiary alicyclic amines) is 1.